The number of thiophene rings is 1. The Kier molecular flexibility index (Phi) is 3.72. The van der Waals surface area contributed by atoms with Gasteiger partial charge in [0.05, 0.1) is 16.6 Å². The SMILES string of the molecule is Fc1ccc(C2=NN3[C@@H](C2)c2cc(Cl)ccc2O[C@H]3c2cccs2)cc1. The molecule has 0 aliphatic carbocycles. The van der Waals surface area contributed by atoms with E-state index in [2.05, 4.69) is 6.07 Å². The molecule has 2 aromatic carbocycles. The van der Waals surface area contributed by atoms with Crippen molar-refractivity contribution < 1.29 is 9.13 Å². The van der Waals surface area contributed by atoms with Crippen molar-refractivity contribution in [3.63, 3.8) is 0 Å². The van der Waals surface area contributed by atoms with Gasteiger partial charge in [-0.3, -0.25) is 0 Å². The molecule has 0 unspecified atom stereocenters. The van der Waals surface area contributed by atoms with Gasteiger partial charge in [0, 0.05) is 17.0 Å². The van der Waals surface area contributed by atoms with Crippen molar-refractivity contribution in [2.75, 3.05) is 0 Å². The van der Waals surface area contributed by atoms with Gasteiger partial charge < -0.3 is 4.74 Å². The molecule has 5 rings (SSSR count). The minimum absolute atomic E-state index is 0.0459. The molecule has 0 fully saturated rings. The van der Waals surface area contributed by atoms with Gasteiger partial charge in [-0.05, 0) is 47.3 Å². The second-order valence-corrected chi connectivity index (χ2v) is 7.74. The summed E-state index contributed by atoms with van der Waals surface area (Å²) in [6, 6.07) is 16.3. The summed E-state index contributed by atoms with van der Waals surface area (Å²) in [6.07, 6.45) is 0.455. The summed E-state index contributed by atoms with van der Waals surface area (Å²) in [6.45, 7) is 0. The summed E-state index contributed by atoms with van der Waals surface area (Å²) in [4.78, 5) is 1.10. The first-order chi connectivity index (χ1) is 12.7. The van der Waals surface area contributed by atoms with E-state index in [1.807, 2.05) is 34.7 Å². The Hall–Kier alpha value is -2.37. The highest BCUT2D eigenvalue weighted by Gasteiger charge is 2.41. The second kappa shape index (κ2) is 6.11. The van der Waals surface area contributed by atoms with Crippen LogP contribution in [-0.2, 0) is 0 Å². The lowest BCUT2D eigenvalue weighted by Crippen LogP contribution is -2.33. The quantitative estimate of drug-likeness (QED) is 0.559. The fourth-order valence-electron chi connectivity index (χ4n) is 3.49. The van der Waals surface area contributed by atoms with Gasteiger partial charge in [0.25, 0.3) is 0 Å². The molecule has 3 heterocycles. The van der Waals surface area contributed by atoms with Crippen LogP contribution in [0, 0.1) is 5.82 Å². The number of hydrazone groups is 1. The Morgan fingerprint density at radius 1 is 1.15 bits per heavy atom. The number of nitrogens with zero attached hydrogens (tertiary/aromatic N) is 2. The van der Waals surface area contributed by atoms with Gasteiger partial charge in [-0.25, -0.2) is 9.40 Å². The summed E-state index contributed by atoms with van der Waals surface area (Å²) in [5.41, 5.74) is 2.88. The molecule has 0 saturated heterocycles. The Bertz CT molecular complexity index is 988. The number of rotatable bonds is 2. The third-order valence-corrected chi connectivity index (χ3v) is 5.85. The minimum Gasteiger partial charge on any atom is -0.464 e. The monoisotopic (exact) mass is 384 g/mol. The molecule has 2 aliphatic rings. The highest BCUT2D eigenvalue weighted by Crippen LogP contribution is 2.48. The lowest BCUT2D eigenvalue weighted by atomic mass is 9.96. The van der Waals surface area contributed by atoms with Gasteiger partial charge in [0.2, 0.25) is 6.23 Å². The predicted octanol–water partition coefficient (Wildman–Crippen LogP) is 5.78. The Morgan fingerprint density at radius 2 is 2.00 bits per heavy atom. The first-order valence-electron chi connectivity index (χ1n) is 8.30. The van der Waals surface area contributed by atoms with Gasteiger partial charge in [0.1, 0.15) is 11.6 Å². The number of hydrogen-bond acceptors (Lipinski definition) is 4. The van der Waals surface area contributed by atoms with E-state index in [0.717, 1.165) is 33.9 Å². The molecule has 0 N–H and O–H groups in total. The smallest absolute Gasteiger partial charge is 0.222 e. The number of hydrogen-bond donors (Lipinski definition) is 0. The van der Waals surface area contributed by atoms with Gasteiger partial charge in [-0.1, -0.05) is 29.8 Å². The van der Waals surface area contributed by atoms with Gasteiger partial charge in [-0.15, -0.1) is 11.3 Å². The van der Waals surface area contributed by atoms with Crippen LogP contribution >= 0.6 is 22.9 Å². The molecular weight excluding hydrogens is 371 g/mol. The van der Waals surface area contributed by atoms with Crippen molar-refractivity contribution in [1.82, 2.24) is 5.01 Å². The van der Waals surface area contributed by atoms with Gasteiger partial charge >= 0.3 is 0 Å². The summed E-state index contributed by atoms with van der Waals surface area (Å²) in [5.74, 6) is 0.589. The zero-order valence-electron chi connectivity index (χ0n) is 13.6. The number of halogens is 2. The molecule has 26 heavy (non-hydrogen) atoms. The van der Waals surface area contributed by atoms with Crippen LogP contribution in [0.4, 0.5) is 4.39 Å². The van der Waals surface area contributed by atoms with Crippen LogP contribution in [0.1, 0.15) is 34.7 Å². The molecule has 0 spiro atoms. The number of benzene rings is 2. The fourth-order valence-corrected chi connectivity index (χ4v) is 4.42. The van der Waals surface area contributed by atoms with Crippen LogP contribution in [0.25, 0.3) is 0 Å². The molecule has 0 bridgehead atoms. The normalized spacial score (nSPS) is 21.0. The summed E-state index contributed by atoms with van der Waals surface area (Å²) in [7, 11) is 0. The van der Waals surface area contributed by atoms with E-state index in [1.165, 1.54) is 12.1 Å². The maximum absolute atomic E-state index is 13.3. The van der Waals surface area contributed by atoms with E-state index in [4.69, 9.17) is 21.4 Å². The van der Waals surface area contributed by atoms with Crippen LogP contribution < -0.4 is 4.74 Å². The molecular formula is C20H14ClFN2OS. The predicted molar refractivity (Wildman–Crippen MR) is 101 cm³/mol. The zero-order valence-corrected chi connectivity index (χ0v) is 15.2. The molecule has 0 amide bonds. The van der Waals surface area contributed by atoms with Crippen LogP contribution in [0.15, 0.2) is 65.1 Å². The van der Waals surface area contributed by atoms with Crippen LogP contribution in [-0.4, -0.2) is 10.7 Å². The average molecular weight is 385 g/mol. The van der Waals surface area contributed by atoms with E-state index >= 15 is 0 Å². The minimum atomic E-state index is -0.272. The van der Waals surface area contributed by atoms with Crippen molar-refractivity contribution in [2.45, 2.75) is 18.7 Å². The lowest BCUT2D eigenvalue weighted by molar-refractivity contribution is -0.0165. The molecule has 2 aliphatic heterocycles. The lowest BCUT2D eigenvalue weighted by Gasteiger charge is -2.37. The number of fused-ring (bicyclic) bond motifs is 3. The van der Waals surface area contributed by atoms with Crippen molar-refractivity contribution in [2.24, 2.45) is 5.10 Å². The Labute approximate surface area is 159 Å². The highest BCUT2D eigenvalue weighted by molar-refractivity contribution is 7.10. The standard InChI is InChI=1S/C20H14ClFN2OS/c21-13-5-8-18-15(10-13)17-11-16(12-3-6-14(22)7-4-12)23-24(17)20(25-18)19-2-1-9-26-19/h1-10,17,20H,11H2/t17-,20-/m0/s1. The maximum Gasteiger partial charge on any atom is 0.222 e. The van der Waals surface area contributed by atoms with E-state index in [9.17, 15) is 4.39 Å². The van der Waals surface area contributed by atoms with E-state index < -0.39 is 0 Å². The topological polar surface area (TPSA) is 24.8 Å². The van der Waals surface area contributed by atoms with Crippen LogP contribution in [0.3, 0.4) is 0 Å². The Balaban J connectivity index is 1.60. The molecule has 1 aromatic heterocycles. The molecule has 0 radical (unpaired) electrons. The first-order valence-corrected chi connectivity index (χ1v) is 9.56. The van der Waals surface area contributed by atoms with Crippen molar-refractivity contribution in [3.05, 3.63) is 86.8 Å². The van der Waals surface area contributed by atoms with E-state index in [0.29, 0.717) is 5.02 Å². The number of ether oxygens (including phenoxy) is 1. The summed E-state index contributed by atoms with van der Waals surface area (Å²) < 4.78 is 19.5. The molecule has 6 heteroatoms. The summed E-state index contributed by atoms with van der Waals surface area (Å²) >= 11 is 7.87. The average Bonchev–Trinajstić information content (AvgIpc) is 3.32. The summed E-state index contributed by atoms with van der Waals surface area (Å²) in [5, 5.41) is 9.56. The highest BCUT2D eigenvalue weighted by atomic mass is 35.5. The Morgan fingerprint density at radius 3 is 2.77 bits per heavy atom. The largest absolute Gasteiger partial charge is 0.464 e. The third-order valence-electron chi connectivity index (χ3n) is 4.72. The molecule has 0 saturated carbocycles. The van der Waals surface area contributed by atoms with Crippen molar-refractivity contribution in [1.29, 1.82) is 0 Å². The molecule has 130 valence electrons. The van der Waals surface area contributed by atoms with Gasteiger partial charge in [-0.2, -0.15) is 5.10 Å². The van der Waals surface area contributed by atoms with Crippen molar-refractivity contribution >= 4 is 28.6 Å². The maximum atomic E-state index is 13.3. The van der Waals surface area contributed by atoms with Crippen LogP contribution in [0.5, 0.6) is 5.75 Å². The second-order valence-electron chi connectivity index (χ2n) is 6.32. The zero-order chi connectivity index (χ0) is 17.7. The van der Waals surface area contributed by atoms with E-state index in [-0.39, 0.29) is 18.1 Å². The van der Waals surface area contributed by atoms with Crippen LogP contribution in [0.2, 0.25) is 5.02 Å². The third kappa shape index (κ3) is 2.59. The molecule has 3 nitrogen and oxygen atoms in total. The fraction of sp³-hybridized carbons (Fsp3) is 0.150. The van der Waals surface area contributed by atoms with E-state index in [1.54, 1.807) is 23.5 Å². The van der Waals surface area contributed by atoms with Gasteiger partial charge in [0.15, 0.2) is 0 Å². The molecule has 2 atom stereocenters. The van der Waals surface area contributed by atoms with Crippen molar-refractivity contribution in [3.8, 4) is 5.75 Å². The molecule has 3 aromatic rings. The first kappa shape index (κ1) is 15.9.